The van der Waals surface area contributed by atoms with Crippen molar-refractivity contribution in [1.29, 1.82) is 0 Å². The second kappa shape index (κ2) is 6.21. The highest BCUT2D eigenvalue weighted by Crippen LogP contribution is 2.00. The third-order valence-electron chi connectivity index (χ3n) is 2.73. The number of hydrogen-bond donors (Lipinski definition) is 1. The van der Waals surface area contributed by atoms with Crippen molar-refractivity contribution in [2.45, 2.75) is 13.8 Å². The minimum atomic E-state index is -0.0670. The normalized spacial score (nSPS) is 11.6. The second-order valence-corrected chi connectivity index (χ2v) is 3.85. The van der Waals surface area contributed by atoms with Crippen molar-refractivity contribution >= 4 is 18.6 Å². The van der Waals surface area contributed by atoms with Gasteiger partial charge in [-0.15, -0.1) is 0 Å². The van der Waals surface area contributed by atoms with E-state index in [9.17, 15) is 4.79 Å². The lowest BCUT2D eigenvalue weighted by atomic mass is 10.0. The molecule has 0 aliphatic carbocycles. The first-order chi connectivity index (χ1) is 8.11. The van der Waals surface area contributed by atoms with E-state index in [0.29, 0.717) is 18.7 Å². The summed E-state index contributed by atoms with van der Waals surface area (Å²) in [5.41, 5.74) is 1.66. The number of carbonyl (C=O) groups is 1. The first-order valence-corrected chi connectivity index (χ1v) is 5.63. The van der Waals surface area contributed by atoms with Crippen LogP contribution in [0.2, 0.25) is 0 Å². The maximum atomic E-state index is 11.9. The number of amides is 1. The zero-order valence-corrected chi connectivity index (χ0v) is 10.7. The van der Waals surface area contributed by atoms with Crippen molar-refractivity contribution < 1.29 is 9.53 Å². The Balaban J connectivity index is 3.00. The molecule has 1 aromatic carbocycles. The van der Waals surface area contributed by atoms with E-state index in [0.717, 1.165) is 16.0 Å². The minimum absolute atomic E-state index is 0.0670. The van der Waals surface area contributed by atoms with Crippen molar-refractivity contribution in [3.05, 3.63) is 33.7 Å². The van der Waals surface area contributed by atoms with Crippen molar-refractivity contribution in [2.75, 3.05) is 20.3 Å². The number of nitrogens with one attached hydrogen (secondary N) is 1. The monoisotopic (exact) mass is 233 g/mol. The Kier molecular flexibility index (Phi) is 4.91. The van der Waals surface area contributed by atoms with E-state index in [2.05, 4.69) is 11.9 Å². The van der Waals surface area contributed by atoms with Gasteiger partial charge in [-0.25, -0.2) is 0 Å². The van der Waals surface area contributed by atoms with E-state index in [1.54, 1.807) is 7.11 Å². The lowest BCUT2D eigenvalue weighted by Crippen LogP contribution is -2.33. The van der Waals surface area contributed by atoms with Gasteiger partial charge in [-0.2, -0.15) is 0 Å². The third kappa shape index (κ3) is 3.17. The topological polar surface area (TPSA) is 38.3 Å². The van der Waals surface area contributed by atoms with Crippen molar-refractivity contribution in [1.82, 2.24) is 5.32 Å². The Morgan fingerprint density at radius 2 is 2.24 bits per heavy atom. The fourth-order valence-electron chi connectivity index (χ4n) is 1.79. The molecule has 0 spiro atoms. The van der Waals surface area contributed by atoms with E-state index in [1.165, 1.54) is 0 Å². The van der Waals surface area contributed by atoms with E-state index >= 15 is 0 Å². The van der Waals surface area contributed by atoms with Crippen LogP contribution in [-0.2, 0) is 4.74 Å². The fraction of sp³-hybridized carbons (Fsp3) is 0.357. The Hall–Kier alpha value is -1.61. The highest BCUT2D eigenvalue weighted by molar-refractivity contribution is 5.95. The molecule has 0 radical (unpaired) electrons. The Bertz CT molecular complexity index is 506. The molecule has 0 bridgehead atoms. The lowest BCUT2D eigenvalue weighted by molar-refractivity contribution is 0.0936. The van der Waals surface area contributed by atoms with Gasteiger partial charge in [0.25, 0.3) is 5.91 Å². The van der Waals surface area contributed by atoms with Crippen molar-refractivity contribution in [2.24, 2.45) is 0 Å². The average molecular weight is 233 g/mol. The molecule has 1 N–H and O–H groups in total. The molecule has 1 amide bonds. The van der Waals surface area contributed by atoms with Crippen LogP contribution in [0.15, 0.2) is 12.1 Å². The van der Waals surface area contributed by atoms with Gasteiger partial charge in [-0.1, -0.05) is 18.7 Å². The number of rotatable bonds is 4. The minimum Gasteiger partial charge on any atom is -0.383 e. The Morgan fingerprint density at radius 3 is 2.82 bits per heavy atom. The van der Waals surface area contributed by atoms with Gasteiger partial charge in [-0.05, 0) is 35.9 Å². The standard InChI is InChI=1S/C14H19NO2/c1-5-12-10(2)6-7-13(11(12)3)14(16)15-8-9-17-4/h5-7H,2,8-9H2,1,3-4H3,(H,15,16)/b12-5+. The molecule has 0 aromatic heterocycles. The average Bonchev–Trinajstić information content (AvgIpc) is 2.30. The second-order valence-electron chi connectivity index (χ2n) is 3.85. The summed E-state index contributed by atoms with van der Waals surface area (Å²) < 4.78 is 4.89. The lowest BCUT2D eigenvalue weighted by Gasteiger charge is -2.08. The van der Waals surface area contributed by atoms with Crippen LogP contribution in [0.1, 0.15) is 22.8 Å². The molecule has 0 heterocycles. The molecule has 1 aromatic rings. The van der Waals surface area contributed by atoms with Gasteiger partial charge in [0.05, 0.1) is 6.61 Å². The van der Waals surface area contributed by atoms with Crippen LogP contribution in [-0.4, -0.2) is 26.2 Å². The first-order valence-electron chi connectivity index (χ1n) is 5.63. The van der Waals surface area contributed by atoms with Crippen LogP contribution in [0.5, 0.6) is 0 Å². The summed E-state index contributed by atoms with van der Waals surface area (Å²) in [7, 11) is 1.61. The molecule has 0 aliphatic rings. The van der Waals surface area contributed by atoms with Crippen LogP contribution < -0.4 is 15.8 Å². The SMILES string of the molecule is C=c1ccc(C(=O)NCCOC)c(C)/c1=C/C. The van der Waals surface area contributed by atoms with Gasteiger partial charge in [0, 0.05) is 19.2 Å². The summed E-state index contributed by atoms with van der Waals surface area (Å²) in [4.78, 5) is 11.9. The summed E-state index contributed by atoms with van der Waals surface area (Å²) in [6.07, 6.45) is 1.98. The molecule has 0 atom stereocenters. The molecule has 0 fully saturated rings. The quantitative estimate of drug-likeness (QED) is 0.773. The van der Waals surface area contributed by atoms with Crippen LogP contribution in [0.3, 0.4) is 0 Å². The number of ether oxygens (including phenoxy) is 1. The molecule has 0 saturated carbocycles. The van der Waals surface area contributed by atoms with Gasteiger partial charge < -0.3 is 10.1 Å². The Labute approximate surface area is 102 Å². The largest absolute Gasteiger partial charge is 0.383 e. The van der Waals surface area contributed by atoms with Gasteiger partial charge in [-0.3, -0.25) is 4.79 Å². The molecule has 3 heteroatoms. The summed E-state index contributed by atoms with van der Waals surface area (Å²) >= 11 is 0. The van der Waals surface area contributed by atoms with Gasteiger partial charge in [0.1, 0.15) is 0 Å². The molecular weight excluding hydrogens is 214 g/mol. The smallest absolute Gasteiger partial charge is 0.251 e. The maximum Gasteiger partial charge on any atom is 0.251 e. The molecule has 0 saturated heterocycles. The van der Waals surface area contributed by atoms with Crippen LogP contribution >= 0.6 is 0 Å². The molecule has 3 nitrogen and oxygen atoms in total. The van der Waals surface area contributed by atoms with Crippen molar-refractivity contribution in [3.63, 3.8) is 0 Å². The predicted molar refractivity (Wildman–Crippen MR) is 70.3 cm³/mol. The molecule has 1 rings (SSSR count). The molecular formula is C14H19NO2. The maximum absolute atomic E-state index is 11.9. The van der Waals surface area contributed by atoms with E-state index < -0.39 is 0 Å². The fourth-order valence-corrected chi connectivity index (χ4v) is 1.79. The molecule has 92 valence electrons. The third-order valence-corrected chi connectivity index (χ3v) is 2.73. The number of methoxy groups -OCH3 is 1. The van der Waals surface area contributed by atoms with Gasteiger partial charge >= 0.3 is 0 Å². The highest BCUT2D eigenvalue weighted by Gasteiger charge is 2.08. The zero-order chi connectivity index (χ0) is 12.8. The van der Waals surface area contributed by atoms with Gasteiger partial charge in [0.2, 0.25) is 0 Å². The van der Waals surface area contributed by atoms with Crippen molar-refractivity contribution in [3.8, 4) is 0 Å². The summed E-state index contributed by atoms with van der Waals surface area (Å²) in [5.74, 6) is -0.0670. The van der Waals surface area contributed by atoms with E-state index in [4.69, 9.17) is 4.74 Å². The molecule has 0 aliphatic heterocycles. The van der Waals surface area contributed by atoms with E-state index in [1.807, 2.05) is 32.1 Å². The van der Waals surface area contributed by atoms with Gasteiger partial charge in [0.15, 0.2) is 0 Å². The van der Waals surface area contributed by atoms with E-state index in [-0.39, 0.29) is 5.91 Å². The number of hydrogen-bond acceptors (Lipinski definition) is 2. The zero-order valence-electron chi connectivity index (χ0n) is 10.7. The summed E-state index contributed by atoms with van der Waals surface area (Å²) in [6, 6.07) is 3.68. The number of benzene rings is 1. The molecule has 17 heavy (non-hydrogen) atoms. The Morgan fingerprint density at radius 1 is 1.53 bits per heavy atom. The summed E-state index contributed by atoms with van der Waals surface area (Å²) in [5, 5.41) is 4.79. The predicted octanol–water partition coefficient (Wildman–Crippen LogP) is 0.582. The van der Waals surface area contributed by atoms with Crippen LogP contribution in [0.4, 0.5) is 0 Å². The van der Waals surface area contributed by atoms with Crippen LogP contribution in [0.25, 0.3) is 12.7 Å². The molecule has 0 unspecified atom stereocenters. The first kappa shape index (κ1) is 13.5. The summed E-state index contributed by atoms with van der Waals surface area (Å²) in [6.45, 7) is 8.87. The highest BCUT2D eigenvalue weighted by atomic mass is 16.5. The number of carbonyl (C=O) groups excluding carboxylic acids is 1. The van der Waals surface area contributed by atoms with Crippen LogP contribution in [0, 0.1) is 6.92 Å².